The smallest absolute Gasteiger partial charge is 0.326 e. The minimum Gasteiger partial charge on any atom is -0.480 e. The Hall–Kier alpha value is -2.60. The third kappa shape index (κ3) is 4.52. The van der Waals surface area contributed by atoms with E-state index in [1.54, 1.807) is 0 Å². The van der Waals surface area contributed by atoms with Crippen LogP contribution in [0.5, 0.6) is 0 Å². The van der Waals surface area contributed by atoms with Crippen LogP contribution in [-0.2, 0) is 22.6 Å². The molecule has 0 saturated carbocycles. The summed E-state index contributed by atoms with van der Waals surface area (Å²) in [7, 11) is 0. The Morgan fingerprint density at radius 1 is 1.12 bits per heavy atom. The number of rotatable bonds is 7. The van der Waals surface area contributed by atoms with Crippen LogP contribution in [0, 0.1) is 0 Å². The average molecular weight is 415 g/mol. The van der Waals surface area contributed by atoms with Crippen molar-refractivity contribution in [3.63, 3.8) is 0 Å². The zero-order chi connectivity index (χ0) is 18.5. The molecule has 6 heteroatoms. The van der Waals surface area contributed by atoms with Crippen LogP contribution in [0.4, 0.5) is 0 Å². The molecule has 0 aliphatic heterocycles. The second-order valence-corrected chi connectivity index (χ2v) is 7.03. The minimum absolute atomic E-state index is 0.221. The van der Waals surface area contributed by atoms with Gasteiger partial charge in [-0.1, -0.05) is 46.3 Å². The monoisotopic (exact) mass is 414 g/mol. The van der Waals surface area contributed by atoms with E-state index in [0.29, 0.717) is 6.54 Å². The van der Waals surface area contributed by atoms with Gasteiger partial charge in [0.25, 0.3) is 0 Å². The normalized spacial score (nSPS) is 12.0. The molecule has 0 fully saturated rings. The molecule has 1 aromatic heterocycles. The first-order valence-corrected chi connectivity index (χ1v) is 9.13. The molecule has 0 bridgehead atoms. The molecule has 1 atom stereocenters. The summed E-state index contributed by atoms with van der Waals surface area (Å²) in [6, 6.07) is 16.3. The molecule has 1 heterocycles. The zero-order valence-corrected chi connectivity index (χ0v) is 15.6. The summed E-state index contributed by atoms with van der Waals surface area (Å²) < 4.78 is 3.00. The number of carboxylic acid groups (broad SMARTS) is 1. The van der Waals surface area contributed by atoms with Crippen LogP contribution in [0.25, 0.3) is 10.9 Å². The maximum Gasteiger partial charge on any atom is 0.326 e. The van der Waals surface area contributed by atoms with Crippen LogP contribution in [-0.4, -0.2) is 27.6 Å². The summed E-state index contributed by atoms with van der Waals surface area (Å²) in [5.74, 6) is -1.30. The molecule has 134 valence electrons. The van der Waals surface area contributed by atoms with Crippen LogP contribution in [0.15, 0.2) is 65.3 Å². The standard InChI is InChI=1S/C20H19BrN2O3/c21-16-6-7-18-15(13-16)8-10-23(18)11-9-19(24)22-17(20(25)26)12-14-4-2-1-3-5-14/h1-8,10,13,17H,9,11-12H2,(H,22,24)(H,25,26)/t17-/m0/s1. The maximum absolute atomic E-state index is 12.2. The number of carboxylic acids is 1. The number of nitrogens with zero attached hydrogens (tertiary/aromatic N) is 1. The number of fused-ring (bicyclic) bond motifs is 1. The molecule has 0 saturated heterocycles. The van der Waals surface area contributed by atoms with E-state index < -0.39 is 12.0 Å². The predicted octanol–water partition coefficient (Wildman–Crippen LogP) is 3.61. The van der Waals surface area contributed by atoms with E-state index in [4.69, 9.17) is 0 Å². The van der Waals surface area contributed by atoms with Crippen LogP contribution in [0.2, 0.25) is 0 Å². The highest BCUT2D eigenvalue weighted by Crippen LogP contribution is 2.21. The molecule has 1 amide bonds. The summed E-state index contributed by atoms with van der Waals surface area (Å²) in [4.78, 5) is 23.7. The van der Waals surface area contributed by atoms with E-state index in [2.05, 4.69) is 21.2 Å². The van der Waals surface area contributed by atoms with Crippen molar-refractivity contribution in [3.8, 4) is 0 Å². The molecule has 3 rings (SSSR count). The van der Waals surface area contributed by atoms with Gasteiger partial charge in [-0.05, 0) is 29.8 Å². The van der Waals surface area contributed by atoms with E-state index in [1.807, 2.05) is 65.4 Å². The van der Waals surface area contributed by atoms with Crippen molar-refractivity contribution >= 4 is 38.7 Å². The van der Waals surface area contributed by atoms with Crippen LogP contribution < -0.4 is 5.32 Å². The SMILES string of the molecule is O=C(CCn1ccc2cc(Br)ccc21)N[C@@H](Cc1ccccc1)C(=O)O. The minimum atomic E-state index is -1.03. The summed E-state index contributed by atoms with van der Waals surface area (Å²) in [6.45, 7) is 0.495. The lowest BCUT2D eigenvalue weighted by Crippen LogP contribution is -2.42. The summed E-state index contributed by atoms with van der Waals surface area (Å²) in [6.07, 6.45) is 2.42. The van der Waals surface area contributed by atoms with Crippen molar-refractivity contribution in [1.29, 1.82) is 0 Å². The van der Waals surface area contributed by atoms with Gasteiger partial charge in [0.2, 0.25) is 5.91 Å². The zero-order valence-electron chi connectivity index (χ0n) is 14.1. The number of carbonyl (C=O) groups is 2. The molecule has 0 radical (unpaired) electrons. The van der Waals surface area contributed by atoms with Crippen molar-refractivity contribution in [2.24, 2.45) is 0 Å². The Morgan fingerprint density at radius 3 is 2.62 bits per heavy atom. The topological polar surface area (TPSA) is 71.3 Å². The van der Waals surface area contributed by atoms with Gasteiger partial charge in [0.15, 0.2) is 0 Å². The highest BCUT2D eigenvalue weighted by molar-refractivity contribution is 9.10. The van der Waals surface area contributed by atoms with Crippen molar-refractivity contribution < 1.29 is 14.7 Å². The van der Waals surface area contributed by atoms with Crippen molar-refractivity contribution in [2.75, 3.05) is 0 Å². The number of aliphatic carboxylic acids is 1. The molecule has 0 unspecified atom stereocenters. The van der Waals surface area contributed by atoms with Gasteiger partial charge in [-0.25, -0.2) is 4.79 Å². The van der Waals surface area contributed by atoms with E-state index in [9.17, 15) is 14.7 Å². The number of amides is 1. The number of halogens is 1. The molecule has 0 spiro atoms. The Balaban J connectivity index is 1.60. The van der Waals surface area contributed by atoms with Gasteiger partial charge in [-0.2, -0.15) is 0 Å². The molecular weight excluding hydrogens is 396 g/mol. The molecule has 0 aliphatic carbocycles. The molecule has 5 nitrogen and oxygen atoms in total. The molecule has 3 aromatic rings. The van der Waals surface area contributed by atoms with Crippen molar-refractivity contribution in [1.82, 2.24) is 9.88 Å². The van der Waals surface area contributed by atoms with Gasteiger partial charge >= 0.3 is 5.97 Å². The van der Waals surface area contributed by atoms with Crippen LogP contribution in [0.3, 0.4) is 0 Å². The Labute approximate surface area is 159 Å². The van der Waals surface area contributed by atoms with Crippen molar-refractivity contribution in [3.05, 3.63) is 70.8 Å². The second-order valence-electron chi connectivity index (χ2n) is 6.11. The number of benzene rings is 2. The van der Waals surface area contributed by atoms with Gasteiger partial charge in [0.1, 0.15) is 6.04 Å². The number of aromatic nitrogens is 1. The van der Waals surface area contributed by atoms with Crippen LogP contribution >= 0.6 is 15.9 Å². The highest BCUT2D eigenvalue weighted by atomic mass is 79.9. The maximum atomic E-state index is 12.2. The first-order chi connectivity index (χ1) is 12.5. The fraction of sp³-hybridized carbons (Fsp3) is 0.200. The van der Waals surface area contributed by atoms with Gasteiger partial charge in [-0.15, -0.1) is 0 Å². The summed E-state index contributed by atoms with van der Waals surface area (Å²) >= 11 is 3.44. The number of hydrogen-bond donors (Lipinski definition) is 2. The highest BCUT2D eigenvalue weighted by Gasteiger charge is 2.20. The third-order valence-electron chi connectivity index (χ3n) is 4.23. The van der Waals surface area contributed by atoms with Gasteiger partial charge in [0.05, 0.1) is 0 Å². The van der Waals surface area contributed by atoms with E-state index >= 15 is 0 Å². The summed E-state index contributed by atoms with van der Waals surface area (Å²) in [5, 5.41) is 13.1. The average Bonchev–Trinajstić information content (AvgIpc) is 3.02. The fourth-order valence-electron chi connectivity index (χ4n) is 2.90. The Kier molecular flexibility index (Phi) is 5.73. The molecule has 2 N–H and O–H groups in total. The van der Waals surface area contributed by atoms with Gasteiger partial charge in [0, 0.05) is 41.0 Å². The third-order valence-corrected chi connectivity index (χ3v) is 4.72. The van der Waals surface area contributed by atoms with Crippen LogP contribution in [0.1, 0.15) is 12.0 Å². The quantitative estimate of drug-likeness (QED) is 0.620. The number of hydrogen-bond acceptors (Lipinski definition) is 2. The largest absolute Gasteiger partial charge is 0.480 e. The lowest BCUT2D eigenvalue weighted by molar-refractivity contribution is -0.141. The number of nitrogens with one attached hydrogen (secondary N) is 1. The first kappa shape index (κ1) is 18.2. The second kappa shape index (κ2) is 8.19. The lowest BCUT2D eigenvalue weighted by atomic mass is 10.1. The van der Waals surface area contributed by atoms with Gasteiger partial charge < -0.3 is 15.0 Å². The van der Waals surface area contributed by atoms with Gasteiger partial charge in [-0.3, -0.25) is 4.79 Å². The Bertz CT molecular complexity index is 921. The first-order valence-electron chi connectivity index (χ1n) is 8.33. The molecular formula is C20H19BrN2O3. The molecule has 2 aromatic carbocycles. The lowest BCUT2D eigenvalue weighted by Gasteiger charge is -2.15. The predicted molar refractivity (Wildman–Crippen MR) is 104 cm³/mol. The molecule has 0 aliphatic rings. The Morgan fingerprint density at radius 2 is 1.88 bits per heavy atom. The van der Waals surface area contributed by atoms with Crippen molar-refractivity contribution in [2.45, 2.75) is 25.4 Å². The van der Waals surface area contributed by atoms with E-state index in [0.717, 1.165) is 20.9 Å². The molecule has 26 heavy (non-hydrogen) atoms. The number of carbonyl (C=O) groups excluding carboxylic acids is 1. The van der Waals surface area contributed by atoms with E-state index in [1.165, 1.54) is 0 Å². The summed E-state index contributed by atoms with van der Waals surface area (Å²) in [5.41, 5.74) is 1.92. The van der Waals surface area contributed by atoms with E-state index in [-0.39, 0.29) is 18.7 Å². The fourth-order valence-corrected chi connectivity index (χ4v) is 3.28. The number of aryl methyl sites for hydroxylation is 1.